The number of anilines is 1. The van der Waals surface area contributed by atoms with E-state index >= 15 is 0 Å². The third-order valence-corrected chi connectivity index (χ3v) is 7.96. The fraction of sp³-hybridized carbons (Fsp3) is 0.529. The third kappa shape index (κ3) is 3.73. The summed E-state index contributed by atoms with van der Waals surface area (Å²) in [5.41, 5.74) is 1.12. The molecule has 0 unspecified atom stereocenters. The molecule has 0 aromatic heterocycles. The molecular weight excluding hydrogens is 380 g/mol. The van der Waals surface area contributed by atoms with Gasteiger partial charge in [0.25, 0.3) is 5.91 Å². The summed E-state index contributed by atoms with van der Waals surface area (Å²) in [6, 6.07) is 5.37. The number of amidine groups is 1. The van der Waals surface area contributed by atoms with Gasteiger partial charge in [0.1, 0.15) is 0 Å². The van der Waals surface area contributed by atoms with Gasteiger partial charge in [-0.25, -0.2) is 8.42 Å². The van der Waals surface area contributed by atoms with Crippen molar-refractivity contribution in [3.63, 3.8) is 0 Å². The minimum atomic E-state index is -3.08. The molecule has 2 aliphatic rings. The van der Waals surface area contributed by atoms with Gasteiger partial charge in [0.2, 0.25) is 0 Å². The number of nitrogens with zero attached hydrogens (tertiary/aromatic N) is 2. The van der Waals surface area contributed by atoms with Crippen LogP contribution in [0.2, 0.25) is 5.02 Å². The Kier molecular flexibility index (Phi) is 4.71. The van der Waals surface area contributed by atoms with Crippen LogP contribution in [-0.2, 0) is 14.6 Å². The molecule has 2 heterocycles. The fourth-order valence-corrected chi connectivity index (χ4v) is 6.94. The lowest BCUT2D eigenvalue weighted by Gasteiger charge is -2.25. The standard InChI is InChI=1S/C17H21ClN2O3S2/c1-10-5-6-11(7-12(10)18)20-13-8-25(22,23)9-14(13)24-16(20)19-15(21)17(2,3)4/h5-7,13-14H,8-9H2,1-4H3/t13-,14-/m1/s1. The van der Waals surface area contributed by atoms with Crippen LogP contribution in [0.3, 0.4) is 0 Å². The first-order valence-corrected chi connectivity index (χ1v) is 11.1. The lowest BCUT2D eigenvalue weighted by molar-refractivity contribution is -0.124. The first kappa shape index (κ1) is 18.7. The molecule has 0 N–H and O–H groups in total. The SMILES string of the molecule is Cc1ccc(N2C(=NC(=O)C(C)(C)C)S[C@@H]3CS(=O)(=O)C[C@H]32)cc1Cl. The number of thioether (sulfide) groups is 1. The molecule has 8 heteroatoms. The minimum absolute atomic E-state index is 0.0683. The highest BCUT2D eigenvalue weighted by atomic mass is 35.5. The summed E-state index contributed by atoms with van der Waals surface area (Å²) in [5, 5.41) is 1.05. The van der Waals surface area contributed by atoms with Crippen molar-refractivity contribution in [2.45, 2.75) is 39.0 Å². The molecular formula is C17H21ClN2O3S2. The topological polar surface area (TPSA) is 66.8 Å². The largest absolute Gasteiger partial charge is 0.316 e. The normalized spacial score (nSPS) is 26.9. The van der Waals surface area contributed by atoms with Crippen LogP contribution in [0.5, 0.6) is 0 Å². The zero-order valence-corrected chi connectivity index (χ0v) is 17.0. The molecule has 2 atom stereocenters. The van der Waals surface area contributed by atoms with E-state index in [1.807, 2.05) is 50.8 Å². The number of carbonyl (C=O) groups excluding carboxylic acids is 1. The first-order chi connectivity index (χ1) is 11.5. The van der Waals surface area contributed by atoms with Crippen molar-refractivity contribution in [3.05, 3.63) is 28.8 Å². The van der Waals surface area contributed by atoms with Crippen LogP contribution in [0.15, 0.2) is 23.2 Å². The summed E-state index contributed by atoms with van der Waals surface area (Å²) >= 11 is 7.63. The van der Waals surface area contributed by atoms with E-state index in [9.17, 15) is 13.2 Å². The van der Waals surface area contributed by atoms with Gasteiger partial charge in [-0.3, -0.25) is 4.79 Å². The molecule has 136 valence electrons. The minimum Gasteiger partial charge on any atom is -0.316 e. The predicted molar refractivity (Wildman–Crippen MR) is 104 cm³/mol. The van der Waals surface area contributed by atoms with Gasteiger partial charge in [0.15, 0.2) is 15.0 Å². The van der Waals surface area contributed by atoms with Gasteiger partial charge in [-0.1, -0.05) is 50.2 Å². The molecule has 2 fully saturated rings. The number of benzene rings is 1. The van der Waals surface area contributed by atoms with Crippen LogP contribution in [-0.4, -0.2) is 42.3 Å². The third-order valence-electron chi connectivity index (χ3n) is 4.34. The Hall–Kier alpha value is -1.05. The van der Waals surface area contributed by atoms with E-state index in [1.54, 1.807) is 0 Å². The van der Waals surface area contributed by atoms with Crippen molar-refractivity contribution in [2.24, 2.45) is 10.4 Å². The number of aliphatic imine (C=N–C) groups is 1. The highest BCUT2D eigenvalue weighted by molar-refractivity contribution is 8.16. The van der Waals surface area contributed by atoms with E-state index in [1.165, 1.54) is 11.8 Å². The summed E-state index contributed by atoms with van der Waals surface area (Å²) in [5.74, 6) is -0.0407. The molecule has 1 aromatic carbocycles. The van der Waals surface area contributed by atoms with Crippen LogP contribution >= 0.6 is 23.4 Å². The van der Waals surface area contributed by atoms with E-state index in [0.717, 1.165) is 11.3 Å². The highest BCUT2D eigenvalue weighted by Crippen LogP contribution is 2.42. The first-order valence-electron chi connectivity index (χ1n) is 8.03. The van der Waals surface area contributed by atoms with Gasteiger partial charge in [0, 0.05) is 21.4 Å². The average molecular weight is 401 g/mol. The van der Waals surface area contributed by atoms with Crippen molar-refractivity contribution in [1.29, 1.82) is 0 Å². The van der Waals surface area contributed by atoms with Crippen molar-refractivity contribution < 1.29 is 13.2 Å². The smallest absolute Gasteiger partial charge is 0.253 e. The number of hydrogen-bond acceptors (Lipinski definition) is 4. The van der Waals surface area contributed by atoms with E-state index in [4.69, 9.17) is 11.6 Å². The van der Waals surface area contributed by atoms with Crippen molar-refractivity contribution in [1.82, 2.24) is 0 Å². The summed E-state index contributed by atoms with van der Waals surface area (Å²) in [6.45, 7) is 7.36. The molecule has 5 nitrogen and oxygen atoms in total. The molecule has 3 rings (SSSR count). The van der Waals surface area contributed by atoms with Crippen molar-refractivity contribution in [2.75, 3.05) is 16.4 Å². The molecule has 1 aromatic rings. The molecule has 2 saturated heterocycles. The number of amides is 1. The van der Waals surface area contributed by atoms with Crippen molar-refractivity contribution in [3.8, 4) is 0 Å². The van der Waals surface area contributed by atoms with Gasteiger partial charge in [0.05, 0.1) is 17.5 Å². The second-order valence-corrected chi connectivity index (χ2v) is 11.3. The van der Waals surface area contributed by atoms with Crippen LogP contribution < -0.4 is 4.90 Å². The Morgan fingerprint density at radius 1 is 1.32 bits per heavy atom. The van der Waals surface area contributed by atoms with Crippen LogP contribution in [0, 0.1) is 12.3 Å². The average Bonchev–Trinajstić information content (AvgIpc) is 2.92. The Morgan fingerprint density at radius 2 is 2.00 bits per heavy atom. The van der Waals surface area contributed by atoms with Crippen LogP contribution in [0.25, 0.3) is 0 Å². The Bertz CT molecular complexity index is 859. The summed E-state index contributed by atoms with van der Waals surface area (Å²) < 4.78 is 24.1. The maximum Gasteiger partial charge on any atom is 0.253 e. The maximum atomic E-state index is 12.4. The molecule has 1 amide bonds. The molecule has 0 radical (unpaired) electrons. The van der Waals surface area contributed by atoms with Gasteiger partial charge in [-0.2, -0.15) is 4.99 Å². The number of rotatable bonds is 1. The Labute approximate surface area is 157 Å². The number of aryl methyl sites for hydroxylation is 1. The number of carbonyl (C=O) groups is 1. The van der Waals surface area contributed by atoms with Crippen molar-refractivity contribution >= 4 is 50.0 Å². The fourth-order valence-electron chi connectivity index (χ4n) is 2.85. The summed E-state index contributed by atoms with van der Waals surface area (Å²) in [6.07, 6.45) is 0. The predicted octanol–water partition coefficient (Wildman–Crippen LogP) is 3.30. The number of fused-ring (bicyclic) bond motifs is 1. The van der Waals surface area contributed by atoms with Gasteiger partial charge in [-0.05, 0) is 24.6 Å². The van der Waals surface area contributed by atoms with E-state index in [-0.39, 0.29) is 28.7 Å². The second-order valence-electron chi connectivity index (χ2n) is 7.55. The Balaban J connectivity index is 2.05. The molecule has 0 aliphatic carbocycles. The van der Waals surface area contributed by atoms with Gasteiger partial charge < -0.3 is 4.90 Å². The van der Waals surface area contributed by atoms with Crippen LogP contribution in [0.4, 0.5) is 5.69 Å². The maximum absolute atomic E-state index is 12.4. The molecule has 0 spiro atoms. The molecule has 25 heavy (non-hydrogen) atoms. The van der Waals surface area contributed by atoms with E-state index < -0.39 is 15.3 Å². The number of hydrogen-bond donors (Lipinski definition) is 0. The monoisotopic (exact) mass is 400 g/mol. The molecule has 0 saturated carbocycles. The van der Waals surface area contributed by atoms with Gasteiger partial charge in [-0.15, -0.1) is 0 Å². The zero-order valence-electron chi connectivity index (χ0n) is 14.6. The highest BCUT2D eigenvalue weighted by Gasteiger charge is 2.49. The number of sulfone groups is 1. The Morgan fingerprint density at radius 3 is 2.60 bits per heavy atom. The van der Waals surface area contributed by atoms with E-state index in [0.29, 0.717) is 10.2 Å². The molecule has 0 bridgehead atoms. The van der Waals surface area contributed by atoms with Crippen LogP contribution in [0.1, 0.15) is 26.3 Å². The molecule has 2 aliphatic heterocycles. The zero-order chi connectivity index (χ0) is 18.6. The summed E-state index contributed by atoms with van der Waals surface area (Å²) in [7, 11) is -3.08. The number of halogens is 1. The van der Waals surface area contributed by atoms with E-state index in [2.05, 4.69) is 4.99 Å². The second kappa shape index (κ2) is 6.28. The quantitative estimate of drug-likeness (QED) is 0.723. The lowest BCUT2D eigenvalue weighted by Crippen LogP contribution is -2.38. The summed E-state index contributed by atoms with van der Waals surface area (Å²) in [4.78, 5) is 18.6. The lowest BCUT2D eigenvalue weighted by atomic mass is 9.96. The van der Waals surface area contributed by atoms with Gasteiger partial charge >= 0.3 is 0 Å².